The standard InChI is InChI=1S/C24H27F3N2O3/c25-24(26,27)20-8-4-5-18(15-20)10-9-17-11-13-29(14-12-17)16-21(30)28-22(23(31)32)19-6-2-1-3-7-19/h1-8,15,17,22H,9-14,16H2,(H,28,30)(H,31,32)/t22-/m0/s1. The highest BCUT2D eigenvalue weighted by molar-refractivity contribution is 5.85. The van der Waals surface area contributed by atoms with Crippen LogP contribution in [0.5, 0.6) is 0 Å². The average Bonchev–Trinajstić information content (AvgIpc) is 2.77. The summed E-state index contributed by atoms with van der Waals surface area (Å²) in [6, 6.07) is 12.9. The summed E-state index contributed by atoms with van der Waals surface area (Å²) < 4.78 is 38.6. The Morgan fingerprint density at radius 3 is 2.38 bits per heavy atom. The van der Waals surface area contributed by atoms with Gasteiger partial charge in [0.25, 0.3) is 0 Å². The molecule has 1 atom stereocenters. The van der Waals surface area contributed by atoms with Gasteiger partial charge >= 0.3 is 12.1 Å². The molecule has 3 rings (SSSR count). The smallest absolute Gasteiger partial charge is 0.416 e. The molecule has 2 aromatic carbocycles. The number of aliphatic carboxylic acids is 1. The van der Waals surface area contributed by atoms with Crippen molar-refractivity contribution in [3.63, 3.8) is 0 Å². The van der Waals surface area contributed by atoms with E-state index in [2.05, 4.69) is 5.32 Å². The monoisotopic (exact) mass is 448 g/mol. The summed E-state index contributed by atoms with van der Waals surface area (Å²) in [5.74, 6) is -1.07. The Balaban J connectivity index is 1.44. The number of rotatable bonds is 8. The predicted molar refractivity (Wildman–Crippen MR) is 114 cm³/mol. The molecule has 1 heterocycles. The van der Waals surface area contributed by atoms with E-state index < -0.39 is 23.8 Å². The molecule has 8 heteroatoms. The SMILES string of the molecule is O=C(CN1CCC(CCc2cccc(C(F)(F)F)c2)CC1)N[C@H](C(=O)O)c1ccccc1. The molecule has 0 bridgehead atoms. The van der Waals surface area contributed by atoms with Crippen molar-refractivity contribution in [1.29, 1.82) is 0 Å². The number of carboxylic acid groups (broad SMARTS) is 1. The van der Waals surface area contributed by atoms with Gasteiger partial charge in [0.1, 0.15) is 0 Å². The Morgan fingerprint density at radius 1 is 1.06 bits per heavy atom. The summed E-state index contributed by atoms with van der Waals surface area (Å²) in [6.45, 7) is 1.52. The van der Waals surface area contributed by atoms with E-state index in [0.29, 0.717) is 36.6 Å². The van der Waals surface area contributed by atoms with Crippen molar-refractivity contribution in [1.82, 2.24) is 10.2 Å². The summed E-state index contributed by atoms with van der Waals surface area (Å²) >= 11 is 0. The maximum atomic E-state index is 12.9. The topological polar surface area (TPSA) is 69.6 Å². The lowest BCUT2D eigenvalue weighted by Crippen LogP contribution is -2.43. The first kappa shape index (κ1) is 23.8. The van der Waals surface area contributed by atoms with Gasteiger partial charge in [-0.05, 0) is 61.9 Å². The normalized spacial score (nSPS) is 16.5. The maximum absolute atomic E-state index is 12.9. The molecular weight excluding hydrogens is 421 g/mol. The van der Waals surface area contributed by atoms with Crippen molar-refractivity contribution >= 4 is 11.9 Å². The lowest BCUT2D eigenvalue weighted by molar-refractivity contribution is -0.142. The van der Waals surface area contributed by atoms with Crippen LogP contribution in [-0.2, 0) is 22.2 Å². The highest BCUT2D eigenvalue weighted by Gasteiger charge is 2.30. The Kier molecular flexibility index (Phi) is 7.90. The first-order valence-electron chi connectivity index (χ1n) is 10.7. The number of benzene rings is 2. The fourth-order valence-corrected chi connectivity index (χ4v) is 4.05. The van der Waals surface area contributed by atoms with E-state index in [0.717, 1.165) is 25.3 Å². The number of halogens is 3. The van der Waals surface area contributed by atoms with Crippen molar-refractivity contribution in [3.8, 4) is 0 Å². The zero-order valence-corrected chi connectivity index (χ0v) is 17.6. The fourth-order valence-electron chi connectivity index (χ4n) is 4.05. The van der Waals surface area contributed by atoms with Gasteiger partial charge in [0.15, 0.2) is 6.04 Å². The molecule has 2 aromatic rings. The molecule has 0 aliphatic carbocycles. The van der Waals surface area contributed by atoms with Gasteiger partial charge in [0, 0.05) is 0 Å². The van der Waals surface area contributed by atoms with E-state index in [9.17, 15) is 27.9 Å². The predicted octanol–water partition coefficient (Wildman–Crippen LogP) is 4.29. The molecule has 0 unspecified atom stereocenters. The largest absolute Gasteiger partial charge is 0.479 e. The highest BCUT2D eigenvalue weighted by atomic mass is 19.4. The molecular formula is C24H27F3N2O3. The Labute approximate surface area is 185 Å². The third-order valence-electron chi connectivity index (χ3n) is 5.86. The fraction of sp³-hybridized carbons (Fsp3) is 0.417. The van der Waals surface area contributed by atoms with Crippen LogP contribution in [0.25, 0.3) is 0 Å². The molecule has 0 radical (unpaired) electrons. The van der Waals surface area contributed by atoms with Gasteiger partial charge in [0.05, 0.1) is 12.1 Å². The summed E-state index contributed by atoms with van der Waals surface area (Å²) in [4.78, 5) is 25.9. The van der Waals surface area contributed by atoms with E-state index in [1.807, 2.05) is 4.90 Å². The molecule has 0 saturated carbocycles. The molecule has 1 aliphatic rings. The number of aryl methyl sites for hydroxylation is 1. The molecule has 1 saturated heterocycles. The van der Waals surface area contributed by atoms with Crippen LogP contribution in [-0.4, -0.2) is 41.5 Å². The van der Waals surface area contributed by atoms with E-state index in [-0.39, 0.29) is 12.5 Å². The number of carbonyl (C=O) groups excluding carboxylic acids is 1. The van der Waals surface area contributed by atoms with Gasteiger partial charge in [0.2, 0.25) is 5.91 Å². The van der Waals surface area contributed by atoms with Gasteiger partial charge in [-0.1, -0.05) is 48.5 Å². The average molecular weight is 448 g/mol. The second kappa shape index (κ2) is 10.6. The molecule has 1 fully saturated rings. The summed E-state index contributed by atoms with van der Waals surface area (Å²) in [5, 5.41) is 12.0. The second-order valence-electron chi connectivity index (χ2n) is 8.21. The van der Waals surface area contributed by atoms with Gasteiger partial charge in [-0.3, -0.25) is 9.69 Å². The minimum absolute atomic E-state index is 0.122. The zero-order chi connectivity index (χ0) is 23.1. The number of carbonyl (C=O) groups is 2. The number of carboxylic acids is 1. The molecule has 1 aliphatic heterocycles. The minimum Gasteiger partial charge on any atom is -0.479 e. The number of piperidine rings is 1. The summed E-state index contributed by atoms with van der Waals surface area (Å²) in [7, 11) is 0. The summed E-state index contributed by atoms with van der Waals surface area (Å²) in [6.07, 6.45) is -1.23. The third-order valence-corrected chi connectivity index (χ3v) is 5.86. The number of nitrogens with one attached hydrogen (secondary N) is 1. The number of hydrogen-bond donors (Lipinski definition) is 2. The Hall–Kier alpha value is -2.87. The molecule has 32 heavy (non-hydrogen) atoms. The Morgan fingerprint density at radius 2 is 1.75 bits per heavy atom. The van der Waals surface area contributed by atoms with Crippen molar-refractivity contribution in [2.24, 2.45) is 5.92 Å². The van der Waals surface area contributed by atoms with Crippen molar-refractivity contribution in [2.75, 3.05) is 19.6 Å². The van der Waals surface area contributed by atoms with E-state index in [4.69, 9.17) is 0 Å². The molecule has 5 nitrogen and oxygen atoms in total. The molecule has 0 spiro atoms. The molecule has 172 valence electrons. The first-order valence-corrected chi connectivity index (χ1v) is 10.7. The number of hydrogen-bond acceptors (Lipinski definition) is 3. The van der Waals surface area contributed by atoms with Gasteiger partial charge in [-0.2, -0.15) is 13.2 Å². The van der Waals surface area contributed by atoms with Crippen LogP contribution in [0.15, 0.2) is 54.6 Å². The van der Waals surface area contributed by atoms with E-state index >= 15 is 0 Å². The second-order valence-corrected chi connectivity index (χ2v) is 8.21. The van der Waals surface area contributed by atoms with Gasteiger partial charge in [-0.15, -0.1) is 0 Å². The van der Waals surface area contributed by atoms with Crippen LogP contribution in [0.4, 0.5) is 13.2 Å². The number of nitrogens with zero attached hydrogens (tertiary/aromatic N) is 1. The van der Waals surface area contributed by atoms with Crippen molar-refractivity contribution in [2.45, 2.75) is 37.9 Å². The quantitative estimate of drug-likeness (QED) is 0.632. The van der Waals surface area contributed by atoms with Crippen LogP contribution < -0.4 is 5.32 Å². The van der Waals surface area contributed by atoms with Gasteiger partial charge < -0.3 is 10.4 Å². The number of alkyl halides is 3. The molecule has 0 aromatic heterocycles. The third kappa shape index (κ3) is 6.82. The van der Waals surface area contributed by atoms with Crippen LogP contribution in [0.3, 0.4) is 0 Å². The minimum atomic E-state index is -4.33. The Bertz CT molecular complexity index is 910. The van der Waals surface area contributed by atoms with E-state index in [1.54, 1.807) is 36.4 Å². The highest BCUT2D eigenvalue weighted by Crippen LogP contribution is 2.30. The molecule has 1 amide bonds. The maximum Gasteiger partial charge on any atom is 0.416 e. The van der Waals surface area contributed by atoms with Crippen molar-refractivity contribution < 1.29 is 27.9 Å². The van der Waals surface area contributed by atoms with E-state index in [1.165, 1.54) is 12.1 Å². The van der Waals surface area contributed by atoms with Gasteiger partial charge in [-0.25, -0.2) is 4.79 Å². The number of likely N-dealkylation sites (tertiary alicyclic amines) is 1. The lowest BCUT2D eigenvalue weighted by Gasteiger charge is -2.31. The zero-order valence-electron chi connectivity index (χ0n) is 17.6. The van der Waals surface area contributed by atoms with Crippen LogP contribution >= 0.6 is 0 Å². The van der Waals surface area contributed by atoms with Crippen molar-refractivity contribution in [3.05, 3.63) is 71.3 Å². The summed E-state index contributed by atoms with van der Waals surface area (Å²) in [5.41, 5.74) is 0.579. The van der Waals surface area contributed by atoms with Crippen LogP contribution in [0.2, 0.25) is 0 Å². The van der Waals surface area contributed by atoms with Crippen LogP contribution in [0, 0.1) is 5.92 Å². The lowest BCUT2D eigenvalue weighted by atomic mass is 9.90. The first-order chi connectivity index (χ1) is 15.2. The number of amides is 1. The molecule has 2 N–H and O–H groups in total. The van der Waals surface area contributed by atoms with Crippen LogP contribution in [0.1, 0.15) is 42.0 Å².